The molecule has 0 aliphatic carbocycles. The maximum absolute atomic E-state index is 13.9. The van der Waals surface area contributed by atoms with Crippen LogP contribution in [0.2, 0.25) is 0 Å². The van der Waals surface area contributed by atoms with E-state index in [1.54, 1.807) is 4.90 Å². The van der Waals surface area contributed by atoms with Gasteiger partial charge in [-0.25, -0.2) is 9.18 Å². The third-order valence-electron chi connectivity index (χ3n) is 4.32. The smallest absolute Gasteiger partial charge is 0.410 e. The van der Waals surface area contributed by atoms with E-state index in [0.29, 0.717) is 19.4 Å². The Morgan fingerprint density at radius 3 is 2.71 bits per heavy atom. The minimum Gasteiger partial charge on any atom is -0.444 e. The second-order valence-electron chi connectivity index (χ2n) is 7.56. The monoisotopic (exact) mass is 337 g/mol. The van der Waals surface area contributed by atoms with Gasteiger partial charge in [-0.2, -0.15) is 0 Å². The zero-order valence-corrected chi connectivity index (χ0v) is 15.0. The molecule has 3 atom stereocenters. The Balaban J connectivity index is 2.11. The van der Waals surface area contributed by atoms with E-state index >= 15 is 0 Å². The second-order valence-corrected chi connectivity index (χ2v) is 7.56. The first kappa shape index (κ1) is 18.7. The molecule has 1 aromatic rings. The highest BCUT2D eigenvalue weighted by atomic mass is 19.1. The van der Waals surface area contributed by atoms with Gasteiger partial charge in [0, 0.05) is 12.6 Å². The Morgan fingerprint density at radius 2 is 2.08 bits per heavy atom. The molecule has 1 aromatic carbocycles. The van der Waals surface area contributed by atoms with Crippen molar-refractivity contribution in [3.63, 3.8) is 0 Å². The summed E-state index contributed by atoms with van der Waals surface area (Å²) in [7, 11) is 0. The van der Waals surface area contributed by atoms with E-state index in [2.05, 4.69) is 0 Å². The SMILES string of the molecule is Cc1ccccc1[C@H](O)C[C@H]1C[C@H](F)CCN1C(=O)OC(C)(C)C. The lowest BCUT2D eigenvalue weighted by atomic mass is 9.92. The number of hydrogen-bond acceptors (Lipinski definition) is 3. The zero-order valence-electron chi connectivity index (χ0n) is 15.0. The van der Waals surface area contributed by atoms with E-state index in [0.717, 1.165) is 11.1 Å². The van der Waals surface area contributed by atoms with Gasteiger partial charge < -0.3 is 14.7 Å². The topological polar surface area (TPSA) is 49.8 Å². The summed E-state index contributed by atoms with van der Waals surface area (Å²) >= 11 is 0. The fraction of sp³-hybridized carbons (Fsp3) is 0.632. The molecule has 1 fully saturated rings. The van der Waals surface area contributed by atoms with Crippen LogP contribution in [-0.4, -0.2) is 40.5 Å². The number of benzene rings is 1. The summed E-state index contributed by atoms with van der Waals surface area (Å²) in [6, 6.07) is 7.22. The van der Waals surface area contributed by atoms with Crippen molar-refractivity contribution in [2.45, 2.75) is 70.9 Å². The second kappa shape index (κ2) is 7.51. The highest BCUT2D eigenvalue weighted by Crippen LogP contribution is 2.30. The van der Waals surface area contributed by atoms with Crippen molar-refractivity contribution in [1.29, 1.82) is 0 Å². The lowest BCUT2D eigenvalue weighted by Gasteiger charge is -2.39. The number of aryl methyl sites for hydroxylation is 1. The summed E-state index contributed by atoms with van der Waals surface area (Å²) in [6.07, 6.45) is -1.25. The molecule has 1 saturated heterocycles. The average Bonchev–Trinajstić information content (AvgIpc) is 2.45. The van der Waals surface area contributed by atoms with Gasteiger partial charge in [-0.1, -0.05) is 24.3 Å². The molecule has 5 heteroatoms. The molecule has 1 heterocycles. The van der Waals surface area contributed by atoms with E-state index in [4.69, 9.17) is 4.74 Å². The van der Waals surface area contributed by atoms with Crippen LogP contribution in [0.15, 0.2) is 24.3 Å². The molecule has 0 radical (unpaired) electrons. The number of alkyl halides is 1. The van der Waals surface area contributed by atoms with Crippen LogP contribution in [0.1, 0.15) is 57.3 Å². The van der Waals surface area contributed by atoms with Crippen LogP contribution in [0.5, 0.6) is 0 Å². The van der Waals surface area contributed by atoms with Gasteiger partial charge in [0.05, 0.1) is 6.10 Å². The van der Waals surface area contributed by atoms with Crippen LogP contribution in [-0.2, 0) is 4.74 Å². The number of carbonyl (C=O) groups is 1. The van der Waals surface area contributed by atoms with Gasteiger partial charge in [-0.05, 0) is 58.1 Å². The molecule has 0 unspecified atom stereocenters. The first-order chi connectivity index (χ1) is 11.2. The number of nitrogens with zero attached hydrogens (tertiary/aromatic N) is 1. The van der Waals surface area contributed by atoms with Crippen LogP contribution in [0.25, 0.3) is 0 Å². The summed E-state index contributed by atoms with van der Waals surface area (Å²) in [5, 5.41) is 10.6. The Labute approximate surface area is 143 Å². The predicted molar refractivity (Wildman–Crippen MR) is 91.6 cm³/mol. The molecule has 134 valence electrons. The first-order valence-corrected chi connectivity index (χ1v) is 8.54. The number of hydrogen-bond donors (Lipinski definition) is 1. The van der Waals surface area contributed by atoms with Crippen molar-refractivity contribution in [3.8, 4) is 0 Å². The third kappa shape index (κ3) is 4.94. The molecule has 0 aromatic heterocycles. The summed E-state index contributed by atoms with van der Waals surface area (Å²) in [4.78, 5) is 14.0. The summed E-state index contributed by atoms with van der Waals surface area (Å²) in [5.74, 6) is 0. The number of piperidine rings is 1. The third-order valence-corrected chi connectivity index (χ3v) is 4.32. The van der Waals surface area contributed by atoms with E-state index in [9.17, 15) is 14.3 Å². The number of likely N-dealkylation sites (tertiary alicyclic amines) is 1. The van der Waals surface area contributed by atoms with Crippen molar-refractivity contribution in [3.05, 3.63) is 35.4 Å². The Hall–Kier alpha value is -1.62. The van der Waals surface area contributed by atoms with Crippen LogP contribution in [0, 0.1) is 6.92 Å². The van der Waals surface area contributed by atoms with Crippen molar-refractivity contribution in [2.24, 2.45) is 0 Å². The summed E-state index contributed by atoms with van der Waals surface area (Å²) in [5.41, 5.74) is 1.21. The molecule has 2 rings (SSSR count). The fourth-order valence-electron chi connectivity index (χ4n) is 3.13. The predicted octanol–water partition coefficient (Wildman–Crippen LogP) is 4.16. The Morgan fingerprint density at radius 1 is 1.42 bits per heavy atom. The van der Waals surface area contributed by atoms with Crippen molar-refractivity contribution >= 4 is 6.09 Å². The largest absolute Gasteiger partial charge is 0.444 e. The fourth-order valence-corrected chi connectivity index (χ4v) is 3.13. The molecule has 4 nitrogen and oxygen atoms in total. The van der Waals surface area contributed by atoms with Crippen molar-refractivity contribution < 1.29 is 19.0 Å². The minimum atomic E-state index is -0.947. The highest BCUT2D eigenvalue weighted by molar-refractivity contribution is 5.68. The highest BCUT2D eigenvalue weighted by Gasteiger charge is 2.35. The molecule has 0 spiro atoms. The normalized spacial score (nSPS) is 23.0. The van der Waals surface area contributed by atoms with E-state index < -0.39 is 24.0 Å². The number of ether oxygens (including phenoxy) is 1. The van der Waals surface area contributed by atoms with Crippen molar-refractivity contribution in [1.82, 2.24) is 4.90 Å². The standard InChI is InChI=1S/C19H28FNO3/c1-13-7-5-6-8-16(13)17(22)12-15-11-14(20)9-10-21(15)18(23)24-19(2,3)4/h5-8,14-15,17,22H,9-12H2,1-4H3/t14-,15-,17-/m1/s1. The van der Waals surface area contributed by atoms with Crippen molar-refractivity contribution in [2.75, 3.05) is 6.54 Å². The summed E-state index contributed by atoms with van der Waals surface area (Å²) in [6.45, 7) is 7.68. The van der Waals surface area contributed by atoms with Gasteiger partial charge in [0.25, 0.3) is 0 Å². The lowest BCUT2D eigenvalue weighted by Crippen LogP contribution is -2.49. The molecule has 1 N–H and O–H groups in total. The molecular formula is C19H28FNO3. The zero-order chi connectivity index (χ0) is 17.9. The van der Waals surface area contributed by atoms with Crippen LogP contribution in [0.3, 0.4) is 0 Å². The number of carbonyl (C=O) groups excluding carboxylic acids is 1. The number of aliphatic hydroxyl groups is 1. The van der Waals surface area contributed by atoms with E-state index in [1.807, 2.05) is 52.0 Å². The lowest BCUT2D eigenvalue weighted by molar-refractivity contribution is -0.00669. The average molecular weight is 337 g/mol. The van der Waals surface area contributed by atoms with Gasteiger partial charge in [0.15, 0.2) is 0 Å². The molecule has 0 bridgehead atoms. The molecule has 24 heavy (non-hydrogen) atoms. The Kier molecular flexibility index (Phi) is 5.86. The maximum atomic E-state index is 13.9. The molecular weight excluding hydrogens is 309 g/mol. The number of amides is 1. The first-order valence-electron chi connectivity index (χ1n) is 8.54. The van der Waals surface area contributed by atoms with Crippen LogP contribution in [0.4, 0.5) is 9.18 Å². The van der Waals surface area contributed by atoms with Crippen LogP contribution >= 0.6 is 0 Å². The number of aliphatic hydroxyl groups excluding tert-OH is 1. The molecule has 1 amide bonds. The van der Waals surface area contributed by atoms with Crippen LogP contribution < -0.4 is 0 Å². The van der Waals surface area contributed by atoms with Gasteiger partial charge in [-0.15, -0.1) is 0 Å². The molecule has 1 aliphatic rings. The molecule has 0 saturated carbocycles. The minimum absolute atomic E-state index is 0.238. The molecule has 1 aliphatic heterocycles. The maximum Gasteiger partial charge on any atom is 0.410 e. The Bertz CT molecular complexity index is 570. The number of rotatable bonds is 3. The van der Waals surface area contributed by atoms with Gasteiger partial charge in [0.1, 0.15) is 11.8 Å². The number of halogens is 1. The van der Waals surface area contributed by atoms with Gasteiger partial charge in [-0.3, -0.25) is 0 Å². The summed E-state index contributed by atoms with van der Waals surface area (Å²) < 4.78 is 19.3. The quantitative estimate of drug-likeness (QED) is 0.901. The van der Waals surface area contributed by atoms with Gasteiger partial charge >= 0.3 is 6.09 Å². The van der Waals surface area contributed by atoms with E-state index in [1.165, 1.54) is 0 Å². The van der Waals surface area contributed by atoms with Gasteiger partial charge in [0.2, 0.25) is 0 Å². The van der Waals surface area contributed by atoms with E-state index in [-0.39, 0.29) is 12.5 Å².